The van der Waals surface area contributed by atoms with E-state index in [0.29, 0.717) is 10.4 Å². The lowest BCUT2D eigenvalue weighted by molar-refractivity contribution is -0.142. The summed E-state index contributed by atoms with van der Waals surface area (Å²) in [5, 5.41) is 7.70. The van der Waals surface area contributed by atoms with Crippen LogP contribution < -0.4 is 16.0 Å². The Morgan fingerprint density at radius 2 is 1.84 bits per heavy atom. The molecule has 1 aromatic heterocycles. The number of esters is 2. The van der Waals surface area contributed by atoms with Crippen molar-refractivity contribution in [3.8, 4) is 0 Å². The molecule has 168 valence electrons. The summed E-state index contributed by atoms with van der Waals surface area (Å²) in [5.41, 5.74) is 0.936. The first-order valence-corrected chi connectivity index (χ1v) is 10.7. The number of urea groups is 1. The normalized spacial score (nSPS) is 15.4. The van der Waals surface area contributed by atoms with Gasteiger partial charge in [-0.25, -0.2) is 9.59 Å². The topological polar surface area (TPSA) is 123 Å². The van der Waals surface area contributed by atoms with Crippen molar-refractivity contribution < 1.29 is 28.7 Å². The number of hydrogen-bond donors (Lipinski definition) is 3. The average Bonchev–Trinajstić information content (AvgIpc) is 3.22. The third kappa shape index (κ3) is 5.73. The number of rotatable bonds is 8. The van der Waals surface area contributed by atoms with Crippen LogP contribution in [0, 0.1) is 6.92 Å². The van der Waals surface area contributed by atoms with Crippen molar-refractivity contribution in [3.63, 3.8) is 0 Å². The average molecular weight is 458 g/mol. The summed E-state index contributed by atoms with van der Waals surface area (Å²) in [6.45, 7) is 2.96. The van der Waals surface area contributed by atoms with Crippen LogP contribution in [0.1, 0.15) is 33.1 Å². The molecule has 0 fully saturated rings. The number of nitrogens with one attached hydrogen (secondary N) is 3. The quantitative estimate of drug-likeness (QED) is 0.523. The number of amides is 3. The molecule has 3 amide bonds. The van der Waals surface area contributed by atoms with E-state index in [9.17, 15) is 19.2 Å². The summed E-state index contributed by atoms with van der Waals surface area (Å²) in [5.74, 6) is -1.74. The second-order valence-corrected chi connectivity index (χ2v) is 8.10. The highest BCUT2D eigenvalue weighted by atomic mass is 32.1. The molecule has 0 saturated heterocycles. The largest absolute Gasteiger partial charge is 0.463 e. The van der Waals surface area contributed by atoms with Gasteiger partial charge in [-0.3, -0.25) is 9.59 Å². The summed E-state index contributed by atoms with van der Waals surface area (Å²) in [6, 6.07) is 11.1. The number of ether oxygens (including phenoxy) is 2. The van der Waals surface area contributed by atoms with Crippen molar-refractivity contribution in [2.24, 2.45) is 0 Å². The van der Waals surface area contributed by atoms with Gasteiger partial charge in [0, 0.05) is 4.88 Å². The Kier molecular flexibility index (Phi) is 7.61. The van der Waals surface area contributed by atoms with Crippen LogP contribution in [-0.2, 0) is 19.1 Å². The van der Waals surface area contributed by atoms with Gasteiger partial charge in [-0.15, -0.1) is 11.3 Å². The number of benzene rings is 1. The van der Waals surface area contributed by atoms with Gasteiger partial charge >= 0.3 is 18.0 Å². The van der Waals surface area contributed by atoms with Gasteiger partial charge in [0.2, 0.25) is 0 Å². The number of thiophene rings is 1. The standard InChI is InChI=1S/C22H23N3O6S/c1-3-30-21(28)18-15(24-22(29)25-19(18)14-7-5-4-6-8-14)12-31-17(26)11-23-20(27)16-10-9-13(2)32-16/h4-10,19H,3,11-12H2,1-2H3,(H,23,27)(H2,24,25,29)/t19-/m1/s1. The summed E-state index contributed by atoms with van der Waals surface area (Å²) in [6.07, 6.45) is 0. The van der Waals surface area contributed by atoms with E-state index < -0.39 is 24.0 Å². The Labute approximate surface area is 188 Å². The van der Waals surface area contributed by atoms with Crippen LogP contribution in [-0.4, -0.2) is 43.6 Å². The predicted molar refractivity (Wildman–Crippen MR) is 117 cm³/mol. The lowest BCUT2D eigenvalue weighted by Gasteiger charge is -2.29. The van der Waals surface area contributed by atoms with Crippen molar-refractivity contribution in [2.45, 2.75) is 19.9 Å². The van der Waals surface area contributed by atoms with Crippen molar-refractivity contribution in [2.75, 3.05) is 19.8 Å². The molecule has 0 saturated carbocycles. The summed E-state index contributed by atoms with van der Waals surface area (Å²) in [4.78, 5) is 50.6. The van der Waals surface area contributed by atoms with Crippen LogP contribution in [0.4, 0.5) is 4.79 Å². The van der Waals surface area contributed by atoms with Gasteiger partial charge < -0.3 is 25.4 Å². The van der Waals surface area contributed by atoms with Crippen molar-refractivity contribution >= 4 is 35.2 Å². The molecule has 0 aliphatic carbocycles. The fourth-order valence-corrected chi connectivity index (χ4v) is 3.86. The zero-order chi connectivity index (χ0) is 23.1. The number of aryl methyl sites for hydroxylation is 1. The number of carbonyl (C=O) groups is 4. The van der Waals surface area contributed by atoms with E-state index in [1.165, 1.54) is 11.3 Å². The minimum Gasteiger partial charge on any atom is -0.463 e. The van der Waals surface area contributed by atoms with Crippen LogP contribution in [0.25, 0.3) is 0 Å². The fourth-order valence-electron chi connectivity index (χ4n) is 3.08. The maximum absolute atomic E-state index is 12.6. The molecule has 1 aromatic carbocycles. The molecule has 2 heterocycles. The molecule has 3 rings (SSSR count). The highest BCUT2D eigenvalue weighted by Crippen LogP contribution is 2.27. The van der Waals surface area contributed by atoms with Gasteiger partial charge in [0.05, 0.1) is 28.8 Å². The molecule has 10 heteroatoms. The molecule has 0 bridgehead atoms. The third-order valence-electron chi connectivity index (χ3n) is 4.52. The lowest BCUT2D eigenvalue weighted by atomic mass is 9.95. The second-order valence-electron chi connectivity index (χ2n) is 6.81. The lowest BCUT2D eigenvalue weighted by Crippen LogP contribution is -2.47. The van der Waals surface area contributed by atoms with Gasteiger partial charge in [-0.05, 0) is 31.5 Å². The van der Waals surface area contributed by atoms with E-state index in [0.717, 1.165) is 4.88 Å². The zero-order valence-electron chi connectivity index (χ0n) is 17.6. The molecule has 2 aromatic rings. The van der Waals surface area contributed by atoms with E-state index in [1.807, 2.05) is 19.1 Å². The molecule has 3 N–H and O–H groups in total. The first-order valence-electron chi connectivity index (χ1n) is 9.92. The third-order valence-corrected chi connectivity index (χ3v) is 5.52. The van der Waals surface area contributed by atoms with Crippen LogP contribution in [0.2, 0.25) is 0 Å². The number of hydrogen-bond acceptors (Lipinski definition) is 7. The first-order chi connectivity index (χ1) is 15.4. The van der Waals surface area contributed by atoms with E-state index >= 15 is 0 Å². The van der Waals surface area contributed by atoms with Crippen LogP contribution in [0.5, 0.6) is 0 Å². The molecule has 0 spiro atoms. The van der Waals surface area contributed by atoms with Crippen molar-refractivity contribution in [1.82, 2.24) is 16.0 Å². The van der Waals surface area contributed by atoms with Crippen LogP contribution >= 0.6 is 11.3 Å². The van der Waals surface area contributed by atoms with Gasteiger partial charge in [-0.2, -0.15) is 0 Å². The van der Waals surface area contributed by atoms with Crippen LogP contribution in [0.15, 0.2) is 53.7 Å². The van der Waals surface area contributed by atoms with Gasteiger partial charge in [-0.1, -0.05) is 30.3 Å². The molecule has 0 unspecified atom stereocenters. The molecule has 9 nitrogen and oxygen atoms in total. The highest BCUT2D eigenvalue weighted by Gasteiger charge is 2.34. The van der Waals surface area contributed by atoms with E-state index in [4.69, 9.17) is 9.47 Å². The van der Waals surface area contributed by atoms with E-state index in [-0.39, 0.29) is 36.9 Å². The highest BCUT2D eigenvalue weighted by molar-refractivity contribution is 7.13. The molecular weight excluding hydrogens is 434 g/mol. The van der Waals surface area contributed by atoms with Crippen LogP contribution in [0.3, 0.4) is 0 Å². The Bertz CT molecular complexity index is 1050. The predicted octanol–water partition coefficient (Wildman–Crippen LogP) is 2.20. The monoisotopic (exact) mass is 457 g/mol. The Balaban J connectivity index is 1.71. The molecule has 1 aliphatic rings. The van der Waals surface area contributed by atoms with Gasteiger partial charge in [0.15, 0.2) is 0 Å². The summed E-state index contributed by atoms with van der Waals surface area (Å²) in [7, 11) is 0. The summed E-state index contributed by atoms with van der Waals surface area (Å²) >= 11 is 1.31. The first kappa shape index (κ1) is 23.0. The van der Waals surface area contributed by atoms with Gasteiger partial charge in [0.25, 0.3) is 5.91 Å². The Morgan fingerprint density at radius 1 is 1.09 bits per heavy atom. The van der Waals surface area contributed by atoms with E-state index in [2.05, 4.69) is 16.0 Å². The minimum atomic E-state index is -0.764. The maximum Gasteiger partial charge on any atom is 0.338 e. The zero-order valence-corrected chi connectivity index (χ0v) is 18.4. The molecule has 32 heavy (non-hydrogen) atoms. The Hall–Kier alpha value is -3.66. The number of carbonyl (C=O) groups excluding carboxylic acids is 4. The maximum atomic E-state index is 12.6. The molecular formula is C22H23N3O6S. The molecule has 1 aliphatic heterocycles. The summed E-state index contributed by atoms with van der Waals surface area (Å²) < 4.78 is 10.4. The van der Waals surface area contributed by atoms with Crippen molar-refractivity contribution in [1.29, 1.82) is 0 Å². The second kappa shape index (κ2) is 10.6. The van der Waals surface area contributed by atoms with Gasteiger partial charge in [0.1, 0.15) is 13.2 Å². The fraction of sp³-hybridized carbons (Fsp3) is 0.273. The van der Waals surface area contributed by atoms with Crippen molar-refractivity contribution in [3.05, 3.63) is 69.1 Å². The minimum absolute atomic E-state index is 0.120. The van der Waals surface area contributed by atoms with E-state index in [1.54, 1.807) is 37.3 Å². The SMILES string of the molecule is CCOC(=O)C1=C(COC(=O)CNC(=O)c2ccc(C)s2)NC(=O)N[C@@H]1c1ccccc1. The molecule has 1 atom stereocenters. The Morgan fingerprint density at radius 3 is 2.50 bits per heavy atom. The molecule has 0 radical (unpaired) electrons. The smallest absolute Gasteiger partial charge is 0.338 e.